The molecule has 0 aliphatic heterocycles. The molecule has 0 saturated carbocycles. The highest BCUT2D eigenvalue weighted by molar-refractivity contribution is 5.75. The van der Waals surface area contributed by atoms with Crippen molar-refractivity contribution in [3.8, 4) is 0 Å². The molecule has 0 bridgehead atoms. The van der Waals surface area contributed by atoms with Crippen LogP contribution in [0.2, 0.25) is 0 Å². The fourth-order valence-electron chi connectivity index (χ4n) is 3.45. The van der Waals surface area contributed by atoms with E-state index in [2.05, 4.69) is 29.4 Å². The Hall–Kier alpha value is -0.610. The van der Waals surface area contributed by atoms with Gasteiger partial charge in [0.2, 0.25) is 5.91 Å². The zero-order valence-electron chi connectivity index (χ0n) is 18.8. The highest BCUT2D eigenvalue weighted by Gasteiger charge is 2.06. The number of carbonyl (C=O) groups excluding carboxylic acids is 1. The van der Waals surface area contributed by atoms with E-state index >= 15 is 0 Å². The molecule has 0 heterocycles. The predicted octanol–water partition coefficient (Wildman–Crippen LogP) is 5.13. The molecule has 0 aromatic rings. The molecule has 0 radical (unpaired) electrons. The molecular formula is C23H49N3O. The Bertz CT molecular complexity index is 310. The van der Waals surface area contributed by atoms with Gasteiger partial charge in [-0.25, -0.2) is 0 Å². The zero-order valence-corrected chi connectivity index (χ0v) is 18.8. The van der Waals surface area contributed by atoms with Crippen molar-refractivity contribution in [2.75, 3.05) is 39.8 Å². The fourth-order valence-corrected chi connectivity index (χ4v) is 3.45. The van der Waals surface area contributed by atoms with Crippen LogP contribution in [-0.2, 0) is 4.79 Å². The van der Waals surface area contributed by atoms with Gasteiger partial charge in [0.05, 0.1) is 0 Å². The van der Waals surface area contributed by atoms with E-state index in [0.29, 0.717) is 6.42 Å². The first-order chi connectivity index (χ1) is 13.2. The highest BCUT2D eigenvalue weighted by Crippen LogP contribution is 2.11. The maximum absolute atomic E-state index is 11.9. The van der Waals surface area contributed by atoms with E-state index in [1.807, 2.05) is 7.05 Å². The van der Waals surface area contributed by atoms with Crippen LogP contribution in [-0.4, -0.2) is 50.6 Å². The normalized spacial score (nSPS) is 11.3. The third-order valence-electron chi connectivity index (χ3n) is 5.36. The van der Waals surface area contributed by atoms with Gasteiger partial charge < -0.3 is 15.5 Å². The molecule has 0 aromatic carbocycles. The molecule has 0 aromatic heterocycles. The second-order valence-corrected chi connectivity index (χ2v) is 7.88. The summed E-state index contributed by atoms with van der Waals surface area (Å²) < 4.78 is 0. The second-order valence-electron chi connectivity index (χ2n) is 7.88. The number of rotatable bonds is 21. The van der Waals surface area contributed by atoms with E-state index in [0.717, 1.165) is 45.6 Å². The Labute approximate surface area is 170 Å². The van der Waals surface area contributed by atoms with E-state index in [1.165, 1.54) is 70.6 Å². The molecule has 0 aliphatic rings. The molecule has 162 valence electrons. The van der Waals surface area contributed by atoms with Crippen molar-refractivity contribution >= 4 is 5.91 Å². The van der Waals surface area contributed by atoms with E-state index in [1.54, 1.807) is 0 Å². The van der Waals surface area contributed by atoms with Crippen LogP contribution in [0.3, 0.4) is 0 Å². The van der Waals surface area contributed by atoms with Crippen LogP contribution in [0.4, 0.5) is 0 Å². The lowest BCUT2D eigenvalue weighted by Crippen LogP contribution is -2.32. The maximum Gasteiger partial charge on any atom is 0.221 e. The lowest BCUT2D eigenvalue weighted by molar-refractivity contribution is -0.121. The minimum atomic E-state index is 0.213. The summed E-state index contributed by atoms with van der Waals surface area (Å²) in [6.07, 6.45) is 18.1. The van der Waals surface area contributed by atoms with Crippen LogP contribution in [0, 0.1) is 0 Å². The lowest BCUT2D eigenvalue weighted by atomic mass is 10.1. The van der Waals surface area contributed by atoms with Crippen molar-refractivity contribution in [2.24, 2.45) is 0 Å². The zero-order chi connectivity index (χ0) is 20.0. The fraction of sp³-hybridized carbons (Fsp3) is 0.957. The molecule has 2 N–H and O–H groups in total. The van der Waals surface area contributed by atoms with Crippen molar-refractivity contribution < 1.29 is 4.79 Å². The van der Waals surface area contributed by atoms with Crippen LogP contribution in [0.1, 0.15) is 104 Å². The molecule has 0 atom stereocenters. The largest absolute Gasteiger partial charge is 0.356 e. The van der Waals surface area contributed by atoms with Crippen LogP contribution < -0.4 is 10.6 Å². The second kappa shape index (κ2) is 21.7. The quantitative estimate of drug-likeness (QED) is 0.270. The van der Waals surface area contributed by atoms with Crippen molar-refractivity contribution in [2.45, 2.75) is 104 Å². The number of nitrogens with zero attached hydrogens (tertiary/aromatic N) is 1. The van der Waals surface area contributed by atoms with Gasteiger partial charge in [0.1, 0.15) is 0 Å². The molecule has 0 fully saturated rings. The van der Waals surface area contributed by atoms with Gasteiger partial charge in [0.15, 0.2) is 0 Å². The van der Waals surface area contributed by atoms with E-state index in [-0.39, 0.29) is 5.91 Å². The van der Waals surface area contributed by atoms with E-state index < -0.39 is 0 Å². The third kappa shape index (κ3) is 19.9. The van der Waals surface area contributed by atoms with Crippen LogP contribution in [0.15, 0.2) is 0 Å². The molecule has 4 heteroatoms. The van der Waals surface area contributed by atoms with E-state index in [9.17, 15) is 4.79 Å². The minimum Gasteiger partial charge on any atom is -0.356 e. The summed E-state index contributed by atoms with van der Waals surface area (Å²) in [6, 6.07) is 0. The number of unbranched alkanes of at least 4 members (excludes halogenated alkanes) is 11. The summed E-state index contributed by atoms with van der Waals surface area (Å²) >= 11 is 0. The monoisotopic (exact) mass is 383 g/mol. The molecule has 1 amide bonds. The topological polar surface area (TPSA) is 44.4 Å². The predicted molar refractivity (Wildman–Crippen MR) is 119 cm³/mol. The Morgan fingerprint density at radius 1 is 0.704 bits per heavy atom. The summed E-state index contributed by atoms with van der Waals surface area (Å²) in [5.74, 6) is 0.213. The summed E-state index contributed by atoms with van der Waals surface area (Å²) in [6.45, 7) is 9.32. The van der Waals surface area contributed by atoms with Gasteiger partial charge in [-0.05, 0) is 39.5 Å². The van der Waals surface area contributed by atoms with Gasteiger partial charge in [-0.2, -0.15) is 0 Å². The molecule has 0 aliphatic carbocycles. The van der Waals surface area contributed by atoms with Crippen molar-refractivity contribution in [1.82, 2.24) is 15.5 Å². The van der Waals surface area contributed by atoms with Crippen molar-refractivity contribution in [1.29, 1.82) is 0 Å². The van der Waals surface area contributed by atoms with Crippen LogP contribution >= 0.6 is 0 Å². The van der Waals surface area contributed by atoms with Crippen LogP contribution in [0.5, 0.6) is 0 Å². The number of carbonyl (C=O) groups is 1. The molecule has 0 spiro atoms. The molecular weight excluding hydrogens is 334 g/mol. The van der Waals surface area contributed by atoms with Gasteiger partial charge in [-0.3, -0.25) is 4.79 Å². The first-order valence-corrected chi connectivity index (χ1v) is 11.9. The van der Waals surface area contributed by atoms with Gasteiger partial charge >= 0.3 is 0 Å². The SMILES string of the molecule is CCCCCCCCCCCCCCNC(=O)CCN(CC)CCCNC. The van der Waals surface area contributed by atoms with Gasteiger partial charge in [0.25, 0.3) is 0 Å². The van der Waals surface area contributed by atoms with Crippen molar-refractivity contribution in [3.05, 3.63) is 0 Å². The van der Waals surface area contributed by atoms with Gasteiger partial charge in [-0.1, -0.05) is 84.5 Å². The molecule has 4 nitrogen and oxygen atoms in total. The molecule has 0 unspecified atom stereocenters. The summed E-state index contributed by atoms with van der Waals surface area (Å²) in [4.78, 5) is 14.3. The van der Waals surface area contributed by atoms with Gasteiger partial charge in [-0.15, -0.1) is 0 Å². The standard InChI is InChI=1S/C23H49N3O/c1-4-6-7-8-9-10-11-12-13-14-15-16-20-25-23(27)18-22-26(5-2)21-17-19-24-3/h24H,4-22H2,1-3H3,(H,25,27). The Morgan fingerprint density at radius 3 is 1.78 bits per heavy atom. The smallest absolute Gasteiger partial charge is 0.221 e. The summed E-state index contributed by atoms with van der Waals surface area (Å²) in [5.41, 5.74) is 0. The van der Waals surface area contributed by atoms with Crippen molar-refractivity contribution in [3.63, 3.8) is 0 Å². The molecule has 0 rings (SSSR count). The summed E-state index contributed by atoms with van der Waals surface area (Å²) in [7, 11) is 1.99. The van der Waals surface area contributed by atoms with Gasteiger partial charge in [0, 0.05) is 19.5 Å². The Morgan fingerprint density at radius 2 is 1.26 bits per heavy atom. The average molecular weight is 384 g/mol. The average Bonchev–Trinajstić information content (AvgIpc) is 2.68. The maximum atomic E-state index is 11.9. The number of hydrogen-bond acceptors (Lipinski definition) is 3. The van der Waals surface area contributed by atoms with Crippen LogP contribution in [0.25, 0.3) is 0 Å². The molecule has 0 saturated heterocycles. The van der Waals surface area contributed by atoms with E-state index in [4.69, 9.17) is 0 Å². The number of hydrogen-bond donors (Lipinski definition) is 2. The summed E-state index contributed by atoms with van der Waals surface area (Å²) in [5, 5.41) is 6.26. The number of nitrogens with one attached hydrogen (secondary N) is 2. The third-order valence-corrected chi connectivity index (χ3v) is 5.36. The first kappa shape index (κ1) is 26.4. The highest BCUT2D eigenvalue weighted by atomic mass is 16.1. The first-order valence-electron chi connectivity index (χ1n) is 11.9. The minimum absolute atomic E-state index is 0.213. The number of amides is 1. The Balaban J connectivity index is 3.33. The molecule has 27 heavy (non-hydrogen) atoms. The lowest BCUT2D eigenvalue weighted by Gasteiger charge is -2.19. The Kier molecular flexibility index (Phi) is 21.2.